The molecule has 0 aromatic carbocycles. The van der Waals surface area contributed by atoms with Crippen molar-refractivity contribution in [1.29, 1.82) is 0 Å². The molecule has 0 aromatic rings. The van der Waals surface area contributed by atoms with Gasteiger partial charge in [0.15, 0.2) is 0 Å². The van der Waals surface area contributed by atoms with Crippen molar-refractivity contribution in [3.8, 4) is 0 Å². The van der Waals surface area contributed by atoms with Crippen LogP contribution >= 0.6 is 12.4 Å². The second-order valence-electron chi connectivity index (χ2n) is 5.30. The van der Waals surface area contributed by atoms with E-state index in [0.29, 0.717) is 32.2 Å². The maximum atomic E-state index is 11.9. The van der Waals surface area contributed by atoms with Crippen molar-refractivity contribution < 1.29 is 13.5 Å². The SMILES string of the molecule is CC(C)(O)CCCNS(=O)(=O)C1CCNCC1.Cl. The summed E-state index contributed by atoms with van der Waals surface area (Å²) in [5.74, 6) is 0. The highest BCUT2D eigenvalue weighted by atomic mass is 35.5. The van der Waals surface area contributed by atoms with E-state index in [-0.39, 0.29) is 17.7 Å². The molecule has 0 bridgehead atoms. The number of halogens is 1. The molecule has 110 valence electrons. The summed E-state index contributed by atoms with van der Waals surface area (Å²) in [7, 11) is -3.17. The van der Waals surface area contributed by atoms with Crippen LogP contribution in [-0.2, 0) is 10.0 Å². The van der Waals surface area contributed by atoms with E-state index < -0.39 is 15.6 Å². The van der Waals surface area contributed by atoms with Crippen molar-refractivity contribution in [2.75, 3.05) is 19.6 Å². The number of aliphatic hydroxyl groups is 1. The molecular formula is C11H25ClN2O3S. The molecule has 1 saturated heterocycles. The van der Waals surface area contributed by atoms with E-state index in [1.54, 1.807) is 13.8 Å². The Hall–Kier alpha value is 0.120. The summed E-state index contributed by atoms with van der Waals surface area (Å²) in [5.41, 5.74) is -0.722. The van der Waals surface area contributed by atoms with Crippen LogP contribution in [0.15, 0.2) is 0 Å². The first-order valence-electron chi connectivity index (χ1n) is 6.23. The highest BCUT2D eigenvalue weighted by Crippen LogP contribution is 2.13. The van der Waals surface area contributed by atoms with E-state index in [0.717, 1.165) is 13.1 Å². The first-order valence-corrected chi connectivity index (χ1v) is 7.77. The van der Waals surface area contributed by atoms with Gasteiger partial charge in [0.05, 0.1) is 10.9 Å². The molecule has 0 atom stereocenters. The van der Waals surface area contributed by atoms with Gasteiger partial charge in [0.1, 0.15) is 0 Å². The molecule has 0 radical (unpaired) electrons. The second kappa shape index (κ2) is 7.65. The Morgan fingerprint density at radius 1 is 1.33 bits per heavy atom. The van der Waals surface area contributed by atoms with Crippen LogP contribution in [0.2, 0.25) is 0 Å². The summed E-state index contributed by atoms with van der Waals surface area (Å²) in [6.45, 7) is 5.42. The third-order valence-corrected chi connectivity index (χ3v) is 4.95. The van der Waals surface area contributed by atoms with Gasteiger partial charge in [-0.1, -0.05) is 0 Å². The van der Waals surface area contributed by atoms with Crippen molar-refractivity contribution in [2.45, 2.75) is 50.4 Å². The van der Waals surface area contributed by atoms with E-state index >= 15 is 0 Å². The van der Waals surface area contributed by atoms with Crippen molar-refractivity contribution in [2.24, 2.45) is 0 Å². The number of piperidine rings is 1. The standard InChI is InChI=1S/C11H24N2O3S.ClH/c1-11(2,14)6-3-7-13-17(15,16)10-4-8-12-9-5-10;/h10,12-14H,3-9H2,1-2H3;1H. The fourth-order valence-electron chi connectivity index (χ4n) is 1.96. The van der Waals surface area contributed by atoms with E-state index in [1.807, 2.05) is 0 Å². The third kappa shape index (κ3) is 6.89. The number of sulfonamides is 1. The minimum absolute atomic E-state index is 0. The van der Waals surface area contributed by atoms with Gasteiger partial charge in [-0.3, -0.25) is 0 Å². The Labute approximate surface area is 116 Å². The van der Waals surface area contributed by atoms with Gasteiger partial charge in [-0.25, -0.2) is 13.1 Å². The molecule has 3 N–H and O–H groups in total. The van der Waals surface area contributed by atoms with Crippen molar-refractivity contribution >= 4 is 22.4 Å². The van der Waals surface area contributed by atoms with Gasteiger partial charge < -0.3 is 10.4 Å². The maximum Gasteiger partial charge on any atom is 0.214 e. The normalized spacial score (nSPS) is 18.4. The van der Waals surface area contributed by atoms with Gasteiger partial charge in [0, 0.05) is 6.54 Å². The van der Waals surface area contributed by atoms with E-state index in [4.69, 9.17) is 0 Å². The lowest BCUT2D eigenvalue weighted by Crippen LogP contribution is -2.42. The highest BCUT2D eigenvalue weighted by molar-refractivity contribution is 7.90. The van der Waals surface area contributed by atoms with Gasteiger partial charge in [-0.05, 0) is 52.6 Å². The Morgan fingerprint density at radius 2 is 1.89 bits per heavy atom. The summed E-state index contributed by atoms with van der Waals surface area (Å²) in [6, 6.07) is 0. The van der Waals surface area contributed by atoms with Gasteiger partial charge in [0.25, 0.3) is 0 Å². The summed E-state index contributed by atoms with van der Waals surface area (Å²) in [6.07, 6.45) is 2.62. The Morgan fingerprint density at radius 3 is 2.39 bits per heavy atom. The molecule has 0 aromatic heterocycles. The first kappa shape index (κ1) is 18.1. The lowest BCUT2D eigenvalue weighted by molar-refractivity contribution is 0.0692. The summed E-state index contributed by atoms with van der Waals surface area (Å²) in [4.78, 5) is 0. The molecule has 0 unspecified atom stereocenters. The molecule has 0 amide bonds. The van der Waals surface area contributed by atoms with Gasteiger partial charge >= 0.3 is 0 Å². The Bertz CT molecular complexity index is 322. The van der Waals surface area contributed by atoms with Crippen LogP contribution < -0.4 is 10.0 Å². The Kier molecular flexibility index (Phi) is 7.70. The molecule has 0 spiro atoms. The topological polar surface area (TPSA) is 78.4 Å². The molecule has 1 aliphatic rings. The zero-order valence-corrected chi connectivity index (χ0v) is 12.7. The van der Waals surface area contributed by atoms with Crippen molar-refractivity contribution in [1.82, 2.24) is 10.0 Å². The molecule has 5 nitrogen and oxygen atoms in total. The van der Waals surface area contributed by atoms with Crippen molar-refractivity contribution in [3.63, 3.8) is 0 Å². The third-order valence-electron chi connectivity index (χ3n) is 2.99. The molecule has 7 heteroatoms. The predicted octanol–water partition coefficient (Wildman–Crippen LogP) is 0.631. The van der Waals surface area contributed by atoms with Crippen LogP contribution in [0.4, 0.5) is 0 Å². The molecule has 18 heavy (non-hydrogen) atoms. The summed E-state index contributed by atoms with van der Waals surface area (Å²) in [5, 5.41) is 12.4. The van der Waals surface area contributed by atoms with Gasteiger partial charge in [-0.2, -0.15) is 0 Å². The summed E-state index contributed by atoms with van der Waals surface area (Å²) >= 11 is 0. The van der Waals surface area contributed by atoms with Crippen molar-refractivity contribution in [3.05, 3.63) is 0 Å². The Balaban J connectivity index is 0.00000289. The fourth-order valence-corrected chi connectivity index (χ4v) is 3.48. The zero-order chi connectivity index (χ0) is 12.9. The van der Waals surface area contributed by atoms with Crippen LogP contribution in [0.5, 0.6) is 0 Å². The van der Waals surface area contributed by atoms with Crippen LogP contribution in [-0.4, -0.2) is 44.0 Å². The minimum atomic E-state index is -3.17. The number of nitrogens with one attached hydrogen (secondary N) is 2. The maximum absolute atomic E-state index is 11.9. The molecule has 1 heterocycles. The molecular weight excluding hydrogens is 276 g/mol. The van der Waals surface area contributed by atoms with Crippen LogP contribution in [0, 0.1) is 0 Å². The van der Waals surface area contributed by atoms with Crippen LogP contribution in [0.1, 0.15) is 39.5 Å². The number of rotatable bonds is 6. The van der Waals surface area contributed by atoms with Gasteiger partial charge in [0.2, 0.25) is 10.0 Å². The zero-order valence-electron chi connectivity index (χ0n) is 11.1. The largest absolute Gasteiger partial charge is 0.390 e. The first-order chi connectivity index (χ1) is 7.81. The van der Waals surface area contributed by atoms with Crippen LogP contribution in [0.25, 0.3) is 0 Å². The lowest BCUT2D eigenvalue weighted by atomic mass is 10.0. The number of hydrogen-bond donors (Lipinski definition) is 3. The van der Waals surface area contributed by atoms with Gasteiger partial charge in [-0.15, -0.1) is 12.4 Å². The second-order valence-corrected chi connectivity index (χ2v) is 7.35. The van der Waals surface area contributed by atoms with E-state index in [2.05, 4.69) is 10.0 Å². The summed E-state index contributed by atoms with van der Waals surface area (Å²) < 4.78 is 26.5. The smallest absolute Gasteiger partial charge is 0.214 e. The molecule has 1 aliphatic heterocycles. The monoisotopic (exact) mass is 300 g/mol. The van der Waals surface area contributed by atoms with E-state index in [1.165, 1.54) is 0 Å². The number of hydrogen-bond acceptors (Lipinski definition) is 4. The molecule has 0 saturated carbocycles. The average Bonchev–Trinajstić information content (AvgIpc) is 2.25. The fraction of sp³-hybridized carbons (Fsp3) is 1.00. The highest BCUT2D eigenvalue weighted by Gasteiger charge is 2.26. The van der Waals surface area contributed by atoms with Crippen LogP contribution in [0.3, 0.4) is 0 Å². The van der Waals surface area contributed by atoms with E-state index in [9.17, 15) is 13.5 Å². The molecule has 0 aliphatic carbocycles. The molecule has 1 fully saturated rings. The average molecular weight is 301 g/mol. The quantitative estimate of drug-likeness (QED) is 0.629. The predicted molar refractivity (Wildman–Crippen MR) is 75.6 cm³/mol. The lowest BCUT2D eigenvalue weighted by Gasteiger charge is -2.23. The molecule has 1 rings (SSSR count). The minimum Gasteiger partial charge on any atom is -0.390 e.